The molecule has 1 rings (SSSR count). The van der Waals surface area contributed by atoms with E-state index in [1.165, 1.54) is 31.2 Å². The molecule has 1 amide bonds. The Balaban J connectivity index is 2.51. The molecule has 0 fully saturated rings. The monoisotopic (exact) mass is 446 g/mol. The number of ketones is 2. The van der Waals surface area contributed by atoms with Crippen LogP contribution in [-0.4, -0.2) is 62.9 Å². The van der Waals surface area contributed by atoms with Crippen LogP contribution in [0.3, 0.4) is 0 Å². The maximum atomic E-state index is 12.2. The van der Waals surface area contributed by atoms with Crippen LogP contribution in [0.4, 0.5) is 13.2 Å². The fourth-order valence-corrected chi connectivity index (χ4v) is 2.06. The zero-order valence-corrected chi connectivity index (χ0v) is 16.6. The highest BCUT2D eigenvalue weighted by atomic mass is 19.4. The van der Waals surface area contributed by atoms with E-state index in [1.807, 2.05) is 0 Å². The van der Waals surface area contributed by atoms with Gasteiger partial charge < -0.3 is 19.5 Å². The molecular formula is C18H21F3N4O6. The van der Waals surface area contributed by atoms with Crippen LogP contribution in [0.1, 0.15) is 23.7 Å². The van der Waals surface area contributed by atoms with Gasteiger partial charge in [0.15, 0.2) is 12.0 Å². The van der Waals surface area contributed by atoms with Crippen LogP contribution in [0.25, 0.3) is 10.4 Å². The van der Waals surface area contributed by atoms with Crippen LogP contribution >= 0.6 is 0 Å². The molecule has 1 aromatic carbocycles. The van der Waals surface area contributed by atoms with E-state index >= 15 is 0 Å². The summed E-state index contributed by atoms with van der Waals surface area (Å²) in [6, 6.07) is 5.71. The molecule has 31 heavy (non-hydrogen) atoms. The van der Waals surface area contributed by atoms with Crippen molar-refractivity contribution in [2.45, 2.75) is 25.7 Å². The van der Waals surface area contributed by atoms with Crippen molar-refractivity contribution in [3.8, 4) is 5.75 Å². The summed E-state index contributed by atoms with van der Waals surface area (Å²) in [5, 5.41) is 5.63. The van der Waals surface area contributed by atoms with E-state index in [0.29, 0.717) is 0 Å². The highest BCUT2D eigenvalue weighted by molar-refractivity contribution is 5.95. The smallest absolute Gasteiger partial charge is 0.450 e. The van der Waals surface area contributed by atoms with Crippen molar-refractivity contribution < 1.29 is 41.8 Å². The number of carbonyl (C=O) groups excluding carboxylic acids is 3. The second kappa shape index (κ2) is 13.2. The van der Waals surface area contributed by atoms with Crippen molar-refractivity contribution in [1.82, 2.24) is 5.32 Å². The molecule has 1 N–H and O–H groups in total. The SMILES string of the molecule is CC(=O)COCCOC(COc1cccc(C(=O)NCCC(=O)C(F)(F)F)c1)N=[N+]=[N-]. The Kier molecular flexibility index (Phi) is 11.0. The number of hydrogen-bond acceptors (Lipinski definition) is 7. The molecular weight excluding hydrogens is 425 g/mol. The van der Waals surface area contributed by atoms with Gasteiger partial charge in [-0.15, -0.1) is 0 Å². The van der Waals surface area contributed by atoms with Gasteiger partial charge >= 0.3 is 6.18 Å². The minimum absolute atomic E-state index is 0.0411. The second-order valence-electron chi connectivity index (χ2n) is 6.05. The molecule has 13 heteroatoms. The van der Waals surface area contributed by atoms with Crippen molar-refractivity contribution in [2.75, 3.05) is 33.0 Å². The number of rotatable bonds is 14. The van der Waals surface area contributed by atoms with Gasteiger partial charge in [0.1, 0.15) is 19.0 Å². The number of amides is 1. The van der Waals surface area contributed by atoms with Crippen LogP contribution in [0, 0.1) is 0 Å². The quantitative estimate of drug-likeness (QED) is 0.202. The van der Waals surface area contributed by atoms with Crippen LogP contribution in [0.15, 0.2) is 29.4 Å². The minimum atomic E-state index is -4.94. The van der Waals surface area contributed by atoms with Crippen molar-refractivity contribution in [1.29, 1.82) is 0 Å². The van der Waals surface area contributed by atoms with Gasteiger partial charge in [-0.1, -0.05) is 11.2 Å². The van der Waals surface area contributed by atoms with E-state index in [1.54, 1.807) is 0 Å². The Morgan fingerprint density at radius 2 is 2.00 bits per heavy atom. The highest BCUT2D eigenvalue weighted by Crippen LogP contribution is 2.17. The van der Waals surface area contributed by atoms with Crippen molar-refractivity contribution >= 4 is 17.5 Å². The lowest BCUT2D eigenvalue weighted by molar-refractivity contribution is -0.170. The minimum Gasteiger partial charge on any atom is -0.491 e. The van der Waals surface area contributed by atoms with E-state index in [0.717, 1.165) is 0 Å². The first-order chi connectivity index (χ1) is 14.6. The number of hydrogen-bond donors (Lipinski definition) is 1. The van der Waals surface area contributed by atoms with Crippen LogP contribution in [0.5, 0.6) is 5.75 Å². The number of alkyl halides is 3. The second-order valence-corrected chi connectivity index (χ2v) is 6.05. The van der Waals surface area contributed by atoms with Gasteiger partial charge in [0.2, 0.25) is 5.78 Å². The van der Waals surface area contributed by atoms with Crippen LogP contribution in [-0.2, 0) is 19.1 Å². The summed E-state index contributed by atoms with van der Waals surface area (Å²) in [7, 11) is 0. The topological polar surface area (TPSA) is 140 Å². The van der Waals surface area contributed by atoms with Gasteiger partial charge in [-0.2, -0.15) is 13.2 Å². The van der Waals surface area contributed by atoms with Gasteiger partial charge in [0.25, 0.3) is 5.91 Å². The lowest BCUT2D eigenvalue weighted by Gasteiger charge is -2.14. The van der Waals surface area contributed by atoms with Crippen molar-refractivity contribution in [3.63, 3.8) is 0 Å². The fourth-order valence-electron chi connectivity index (χ4n) is 2.06. The molecule has 1 unspecified atom stereocenters. The molecule has 1 atom stereocenters. The fraction of sp³-hybridized carbons (Fsp3) is 0.500. The molecule has 0 spiro atoms. The van der Waals surface area contributed by atoms with Gasteiger partial charge in [0, 0.05) is 23.4 Å². The molecule has 1 aromatic rings. The Morgan fingerprint density at radius 3 is 2.65 bits per heavy atom. The zero-order chi connectivity index (χ0) is 23.3. The van der Waals surface area contributed by atoms with Crippen molar-refractivity contribution in [3.05, 3.63) is 40.3 Å². The maximum Gasteiger partial charge on any atom is 0.450 e. The van der Waals surface area contributed by atoms with E-state index < -0.39 is 37.1 Å². The molecule has 0 aliphatic rings. The number of azide groups is 1. The summed E-state index contributed by atoms with van der Waals surface area (Å²) >= 11 is 0. The van der Waals surface area contributed by atoms with Gasteiger partial charge in [-0.3, -0.25) is 14.4 Å². The number of Topliss-reactive ketones (excluding diaryl/α,β-unsaturated/α-hetero) is 2. The molecule has 0 aliphatic heterocycles. The first kappa shape index (κ1) is 25.9. The standard InChI is InChI=1S/C18H21F3N4O6/c1-12(26)10-29-7-8-30-16(24-25-22)11-31-14-4-2-3-13(9-14)17(28)23-6-5-15(27)18(19,20)21/h2-4,9,16H,5-8,10-11H2,1H3,(H,23,28). The first-order valence-corrected chi connectivity index (χ1v) is 8.97. The van der Waals surface area contributed by atoms with Gasteiger partial charge in [-0.25, -0.2) is 0 Å². The number of ether oxygens (including phenoxy) is 3. The van der Waals surface area contributed by atoms with E-state index in [4.69, 9.17) is 19.7 Å². The average molecular weight is 446 g/mol. The summed E-state index contributed by atoms with van der Waals surface area (Å²) in [5.74, 6) is -2.55. The highest BCUT2D eigenvalue weighted by Gasteiger charge is 2.37. The van der Waals surface area contributed by atoms with E-state index in [-0.39, 0.29) is 43.5 Å². The Bertz CT molecular complexity index is 812. The predicted molar refractivity (Wildman–Crippen MR) is 100 cm³/mol. The molecule has 170 valence electrons. The normalized spacial score (nSPS) is 11.9. The lowest BCUT2D eigenvalue weighted by Crippen LogP contribution is -2.30. The number of benzene rings is 1. The summed E-state index contributed by atoms with van der Waals surface area (Å²) in [5.41, 5.74) is 8.69. The van der Waals surface area contributed by atoms with Crippen LogP contribution in [0.2, 0.25) is 0 Å². The zero-order valence-electron chi connectivity index (χ0n) is 16.6. The molecule has 10 nitrogen and oxygen atoms in total. The molecule has 0 aliphatic carbocycles. The van der Waals surface area contributed by atoms with Crippen molar-refractivity contribution in [2.24, 2.45) is 5.11 Å². The molecule has 0 heterocycles. The molecule has 0 aromatic heterocycles. The molecule has 0 bridgehead atoms. The largest absolute Gasteiger partial charge is 0.491 e. The summed E-state index contributed by atoms with van der Waals surface area (Å²) in [6.45, 7) is 0.783. The van der Waals surface area contributed by atoms with E-state index in [2.05, 4.69) is 15.3 Å². The van der Waals surface area contributed by atoms with Crippen LogP contribution < -0.4 is 10.1 Å². The number of halogens is 3. The summed E-state index contributed by atoms with van der Waals surface area (Å²) < 4.78 is 52.2. The molecule has 0 saturated heterocycles. The third-order valence-corrected chi connectivity index (χ3v) is 3.47. The predicted octanol–water partition coefficient (Wildman–Crippen LogP) is 2.58. The number of carbonyl (C=O) groups is 3. The average Bonchev–Trinajstić information content (AvgIpc) is 2.70. The summed E-state index contributed by atoms with van der Waals surface area (Å²) in [4.78, 5) is 36.3. The third kappa shape index (κ3) is 11.0. The Morgan fingerprint density at radius 1 is 1.26 bits per heavy atom. The Labute approximate surface area is 175 Å². The number of nitrogens with zero attached hydrogens (tertiary/aromatic N) is 3. The maximum absolute atomic E-state index is 12.2. The lowest BCUT2D eigenvalue weighted by atomic mass is 10.2. The summed E-state index contributed by atoms with van der Waals surface area (Å²) in [6.07, 6.45) is -6.81. The Hall–Kier alpha value is -3.15. The van der Waals surface area contributed by atoms with Gasteiger partial charge in [-0.05, 0) is 30.7 Å². The number of nitrogens with one attached hydrogen (secondary N) is 1. The third-order valence-electron chi connectivity index (χ3n) is 3.47. The first-order valence-electron chi connectivity index (χ1n) is 8.97. The molecule has 0 saturated carbocycles. The molecule has 0 radical (unpaired) electrons. The van der Waals surface area contributed by atoms with E-state index in [9.17, 15) is 27.6 Å². The van der Waals surface area contributed by atoms with Gasteiger partial charge in [0.05, 0.1) is 13.2 Å².